The Hall–Kier alpha value is -2.39. The predicted octanol–water partition coefficient (Wildman–Crippen LogP) is 1.45. The average molecular weight is 288 g/mol. The van der Waals surface area contributed by atoms with Gasteiger partial charge >= 0.3 is 12.2 Å². The summed E-state index contributed by atoms with van der Waals surface area (Å²) in [5.74, 6) is -0.321. The van der Waals surface area contributed by atoms with Gasteiger partial charge in [0.25, 0.3) is 5.95 Å². The van der Waals surface area contributed by atoms with Crippen molar-refractivity contribution < 1.29 is 17.9 Å². The van der Waals surface area contributed by atoms with Gasteiger partial charge in [0.1, 0.15) is 0 Å². The van der Waals surface area contributed by atoms with Crippen LogP contribution in [0.5, 0.6) is 6.01 Å². The van der Waals surface area contributed by atoms with Crippen LogP contribution in [-0.4, -0.2) is 30.8 Å². The second kappa shape index (κ2) is 4.94. The van der Waals surface area contributed by atoms with Crippen LogP contribution < -0.4 is 10.5 Å². The van der Waals surface area contributed by atoms with Crippen molar-refractivity contribution in [3.8, 4) is 12.0 Å². The molecule has 0 bridgehead atoms. The molecule has 0 unspecified atom stereocenters. The van der Waals surface area contributed by atoms with E-state index in [9.17, 15) is 13.2 Å². The van der Waals surface area contributed by atoms with Crippen LogP contribution in [0, 0.1) is 0 Å². The van der Waals surface area contributed by atoms with Gasteiger partial charge in [-0.05, 0) is 13.8 Å². The molecule has 0 aliphatic carbocycles. The molecule has 0 atom stereocenters. The molecule has 0 fully saturated rings. The van der Waals surface area contributed by atoms with Gasteiger partial charge in [0.05, 0.1) is 17.9 Å². The number of rotatable bonds is 3. The quantitative estimate of drug-likeness (QED) is 0.919. The van der Waals surface area contributed by atoms with E-state index >= 15 is 0 Å². The lowest BCUT2D eigenvalue weighted by Gasteiger charge is -2.08. The molecule has 0 radical (unpaired) electrons. The Morgan fingerprint density at radius 1 is 1.25 bits per heavy atom. The summed E-state index contributed by atoms with van der Waals surface area (Å²) in [6.07, 6.45) is -3.28. The van der Waals surface area contributed by atoms with Crippen LogP contribution in [0.2, 0.25) is 0 Å². The van der Waals surface area contributed by atoms with Gasteiger partial charge < -0.3 is 10.5 Å². The monoisotopic (exact) mass is 288 g/mol. The first kappa shape index (κ1) is 14.0. The Kier molecular flexibility index (Phi) is 3.47. The average Bonchev–Trinajstić information content (AvgIpc) is 2.75. The third-order valence-electron chi connectivity index (χ3n) is 2.08. The number of alkyl halides is 3. The minimum Gasteiger partial charge on any atom is -0.461 e. The molecule has 10 heteroatoms. The Morgan fingerprint density at radius 2 is 1.95 bits per heavy atom. The highest BCUT2D eigenvalue weighted by molar-refractivity contribution is 5.25. The van der Waals surface area contributed by atoms with Gasteiger partial charge in [-0.2, -0.15) is 33.2 Å². The van der Waals surface area contributed by atoms with Gasteiger partial charge in [-0.15, -0.1) is 0 Å². The number of aromatic nitrogens is 5. The summed E-state index contributed by atoms with van der Waals surface area (Å²) in [6.45, 7) is 3.49. The van der Waals surface area contributed by atoms with Crippen LogP contribution >= 0.6 is 0 Å². The summed E-state index contributed by atoms with van der Waals surface area (Å²) in [5.41, 5.74) is 4.55. The summed E-state index contributed by atoms with van der Waals surface area (Å²) < 4.78 is 43.6. The van der Waals surface area contributed by atoms with Crippen molar-refractivity contribution in [2.75, 3.05) is 5.73 Å². The Morgan fingerprint density at radius 3 is 2.50 bits per heavy atom. The van der Waals surface area contributed by atoms with Crippen LogP contribution in [0.4, 0.5) is 19.1 Å². The molecule has 0 saturated carbocycles. The maximum Gasteiger partial charge on any atom is 0.419 e. The standard InChI is InChI=1S/C10H11F3N6O/c1-5(2)20-9-17-7(14)16-8(18-9)19-4-6(3-15-19)10(11,12)13/h3-5H,1-2H3,(H2,14,16,17,18). The lowest BCUT2D eigenvalue weighted by Crippen LogP contribution is -2.13. The number of nitrogens with zero attached hydrogens (tertiary/aromatic N) is 5. The lowest BCUT2D eigenvalue weighted by molar-refractivity contribution is -0.137. The molecule has 0 aliphatic heterocycles. The number of nitrogens with two attached hydrogens (primary N) is 1. The van der Waals surface area contributed by atoms with Crippen LogP contribution in [0.15, 0.2) is 12.4 Å². The molecular weight excluding hydrogens is 277 g/mol. The van der Waals surface area contributed by atoms with Crippen molar-refractivity contribution >= 4 is 5.95 Å². The minimum atomic E-state index is -4.49. The summed E-state index contributed by atoms with van der Waals surface area (Å²) >= 11 is 0. The van der Waals surface area contributed by atoms with Crippen molar-refractivity contribution in [2.45, 2.75) is 26.1 Å². The molecule has 0 aliphatic rings. The molecule has 0 aromatic carbocycles. The predicted molar refractivity (Wildman–Crippen MR) is 62.1 cm³/mol. The van der Waals surface area contributed by atoms with Gasteiger partial charge in [-0.25, -0.2) is 4.68 Å². The Bertz CT molecular complexity index is 609. The van der Waals surface area contributed by atoms with Crippen molar-refractivity contribution in [1.82, 2.24) is 24.7 Å². The van der Waals surface area contributed by atoms with E-state index in [1.165, 1.54) is 0 Å². The van der Waals surface area contributed by atoms with Crippen molar-refractivity contribution in [2.24, 2.45) is 0 Å². The largest absolute Gasteiger partial charge is 0.461 e. The molecule has 7 nitrogen and oxygen atoms in total. The van der Waals surface area contributed by atoms with E-state index < -0.39 is 11.7 Å². The molecule has 2 heterocycles. The summed E-state index contributed by atoms with van der Waals surface area (Å²) in [7, 11) is 0. The first-order chi connectivity index (χ1) is 9.25. The molecule has 2 N–H and O–H groups in total. The number of hydrogen-bond acceptors (Lipinski definition) is 6. The van der Waals surface area contributed by atoms with E-state index in [0.717, 1.165) is 10.9 Å². The highest BCUT2D eigenvalue weighted by Gasteiger charge is 2.32. The molecule has 2 rings (SSSR count). The molecule has 2 aromatic rings. The van der Waals surface area contributed by atoms with Gasteiger partial charge in [0, 0.05) is 6.20 Å². The Labute approximate surface area is 111 Å². The second-order valence-electron chi connectivity index (χ2n) is 4.11. The molecule has 108 valence electrons. The molecule has 0 amide bonds. The maximum absolute atomic E-state index is 12.5. The topological polar surface area (TPSA) is 91.7 Å². The fourth-order valence-corrected chi connectivity index (χ4v) is 1.31. The second-order valence-corrected chi connectivity index (χ2v) is 4.11. The van der Waals surface area contributed by atoms with Crippen LogP contribution in [0.3, 0.4) is 0 Å². The van der Waals surface area contributed by atoms with E-state index in [4.69, 9.17) is 10.5 Å². The van der Waals surface area contributed by atoms with Gasteiger partial charge in [-0.1, -0.05) is 0 Å². The zero-order chi connectivity index (χ0) is 14.9. The number of halogens is 3. The lowest BCUT2D eigenvalue weighted by atomic mass is 10.4. The van der Waals surface area contributed by atoms with E-state index in [-0.39, 0.29) is 24.0 Å². The van der Waals surface area contributed by atoms with Gasteiger partial charge in [-0.3, -0.25) is 0 Å². The smallest absolute Gasteiger partial charge is 0.419 e. The summed E-state index contributed by atoms with van der Waals surface area (Å²) in [4.78, 5) is 11.3. The first-order valence-corrected chi connectivity index (χ1v) is 5.56. The molecule has 0 spiro atoms. The van der Waals surface area contributed by atoms with E-state index in [1.807, 2.05) is 0 Å². The highest BCUT2D eigenvalue weighted by atomic mass is 19.4. The molecule has 0 saturated heterocycles. The van der Waals surface area contributed by atoms with Gasteiger partial charge in [0.15, 0.2) is 0 Å². The maximum atomic E-state index is 12.5. The first-order valence-electron chi connectivity index (χ1n) is 5.56. The zero-order valence-corrected chi connectivity index (χ0v) is 10.6. The number of nitrogen functional groups attached to an aromatic ring is 1. The summed E-state index contributed by atoms with van der Waals surface area (Å²) in [5, 5.41) is 3.55. The summed E-state index contributed by atoms with van der Waals surface area (Å²) in [6, 6.07) is -0.0773. The van der Waals surface area contributed by atoms with Crippen LogP contribution in [0.25, 0.3) is 5.95 Å². The van der Waals surface area contributed by atoms with Gasteiger partial charge in [0.2, 0.25) is 5.95 Å². The molecule has 2 aromatic heterocycles. The minimum absolute atomic E-state index is 0.0773. The fourth-order valence-electron chi connectivity index (χ4n) is 1.31. The molecular formula is C10H11F3N6O. The molecule has 20 heavy (non-hydrogen) atoms. The van der Waals surface area contributed by atoms with Crippen molar-refractivity contribution in [3.05, 3.63) is 18.0 Å². The van der Waals surface area contributed by atoms with E-state index in [2.05, 4.69) is 20.1 Å². The normalized spacial score (nSPS) is 11.9. The van der Waals surface area contributed by atoms with Crippen LogP contribution in [0.1, 0.15) is 19.4 Å². The Balaban J connectivity index is 2.37. The third-order valence-corrected chi connectivity index (χ3v) is 2.08. The fraction of sp³-hybridized carbons (Fsp3) is 0.400. The number of ether oxygens (including phenoxy) is 1. The van der Waals surface area contributed by atoms with Crippen molar-refractivity contribution in [3.63, 3.8) is 0 Å². The SMILES string of the molecule is CC(C)Oc1nc(N)nc(-n2cc(C(F)(F)F)cn2)n1. The van der Waals surface area contributed by atoms with E-state index in [0.29, 0.717) is 6.20 Å². The number of hydrogen-bond donors (Lipinski definition) is 1. The number of anilines is 1. The van der Waals surface area contributed by atoms with E-state index in [1.54, 1.807) is 13.8 Å². The zero-order valence-electron chi connectivity index (χ0n) is 10.6. The highest BCUT2D eigenvalue weighted by Crippen LogP contribution is 2.28. The van der Waals surface area contributed by atoms with Crippen LogP contribution in [-0.2, 0) is 6.18 Å². The van der Waals surface area contributed by atoms with Crippen molar-refractivity contribution in [1.29, 1.82) is 0 Å². The third kappa shape index (κ3) is 3.13.